The van der Waals surface area contributed by atoms with Crippen LogP contribution in [0.1, 0.15) is 15.9 Å². The zero-order chi connectivity index (χ0) is 14.7. The van der Waals surface area contributed by atoms with Crippen LogP contribution in [0.15, 0.2) is 40.9 Å². The second-order valence-corrected chi connectivity index (χ2v) is 5.37. The maximum atomic E-state index is 13.1. The van der Waals surface area contributed by atoms with Crippen molar-refractivity contribution in [2.24, 2.45) is 0 Å². The number of carbonyl (C=O) groups is 1. The quantitative estimate of drug-likeness (QED) is 0.843. The standard InChI is InChI=1S/C14H10BrClFNO2/c15-11-5-10(17)6-12(16)13(11)18-7-8-2-1-3-9(4-8)14(19)20/h1-6,18H,7H2,(H,19,20). The summed E-state index contributed by atoms with van der Waals surface area (Å²) >= 11 is 9.18. The first-order chi connectivity index (χ1) is 9.47. The molecule has 0 amide bonds. The van der Waals surface area contributed by atoms with Crippen molar-refractivity contribution in [3.8, 4) is 0 Å². The molecule has 0 saturated carbocycles. The molecule has 0 saturated heterocycles. The molecule has 2 rings (SSSR count). The summed E-state index contributed by atoms with van der Waals surface area (Å²) in [6.07, 6.45) is 0. The number of nitrogens with one attached hydrogen (secondary N) is 1. The summed E-state index contributed by atoms with van der Waals surface area (Å²) in [7, 11) is 0. The molecule has 0 atom stereocenters. The molecule has 3 nitrogen and oxygen atoms in total. The van der Waals surface area contributed by atoms with E-state index in [9.17, 15) is 9.18 Å². The highest BCUT2D eigenvalue weighted by Crippen LogP contribution is 2.32. The van der Waals surface area contributed by atoms with Gasteiger partial charge >= 0.3 is 5.97 Å². The maximum Gasteiger partial charge on any atom is 0.335 e. The van der Waals surface area contributed by atoms with Gasteiger partial charge in [-0.1, -0.05) is 23.7 Å². The third-order valence-corrected chi connectivity index (χ3v) is 3.57. The number of anilines is 1. The molecule has 0 unspecified atom stereocenters. The molecule has 20 heavy (non-hydrogen) atoms. The van der Waals surface area contributed by atoms with Crippen molar-refractivity contribution in [3.05, 3.63) is 62.8 Å². The highest BCUT2D eigenvalue weighted by Gasteiger charge is 2.08. The average Bonchev–Trinajstić information content (AvgIpc) is 2.37. The van der Waals surface area contributed by atoms with Crippen molar-refractivity contribution in [3.63, 3.8) is 0 Å². The lowest BCUT2D eigenvalue weighted by molar-refractivity contribution is 0.0697. The largest absolute Gasteiger partial charge is 0.478 e. The van der Waals surface area contributed by atoms with Crippen molar-refractivity contribution in [2.75, 3.05) is 5.32 Å². The molecule has 104 valence electrons. The minimum Gasteiger partial charge on any atom is -0.478 e. The zero-order valence-electron chi connectivity index (χ0n) is 10.2. The summed E-state index contributed by atoms with van der Waals surface area (Å²) in [6, 6.07) is 9.07. The lowest BCUT2D eigenvalue weighted by atomic mass is 10.1. The van der Waals surface area contributed by atoms with E-state index in [1.54, 1.807) is 18.2 Å². The Morgan fingerprint density at radius 1 is 1.35 bits per heavy atom. The lowest BCUT2D eigenvalue weighted by Crippen LogP contribution is -2.03. The van der Waals surface area contributed by atoms with E-state index in [4.69, 9.17) is 16.7 Å². The topological polar surface area (TPSA) is 49.3 Å². The van der Waals surface area contributed by atoms with E-state index >= 15 is 0 Å². The molecule has 0 heterocycles. The Morgan fingerprint density at radius 3 is 2.75 bits per heavy atom. The Morgan fingerprint density at radius 2 is 2.10 bits per heavy atom. The molecule has 2 N–H and O–H groups in total. The molecule has 2 aromatic rings. The van der Waals surface area contributed by atoms with E-state index in [2.05, 4.69) is 21.2 Å². The summed E-state index contributed by atoms with van der Waals surface area (Å²) in [4.78, 5) is 10.9. The van der Waals surface area contributed by atoms with Crippen molar-refractivity contribution in [2.45, 2.75) is 6.54 Å². The highest BCUT2D eigenvalue weighted by molar-refractivity contribution is 9.10. The number of halogens is 3. The minimum atomic E-state index is -0.979. The summed E-state index contributed by atoms with van der Waals surface area (Å²) < 4.78 is 13.6. The van der Waals surface area contributed by atoms with Gasteiger partial charge in [0.15, 0.2) is 0 Å². The number of hydrogen-bond acceptors (Lipinski definition) is 2. The second-order valence-electron chi connectivity index (χ2n) is 4.10. The normalized spacial score (nSPS) is 10.3. The summed E-state index contributed by atoms with van der Waals surface area (Å²) in [5.74, 6) is -1.41. The predicted octanol–water partition coefficient (Wildman–Crippen LogP) is 4.55. The molecular weight excluding hydrogens is 349 g/mol. The fraction of sp³-hybridized carbons (Fsp3) is 0.0714. The van der Waals surface area contributed by atoms with Crippen LogP contribution in [0.2, 0.25) is 5.02 Å². The minimum absolute atomic E-state index is 0.216. The number of benzene rings is 2. The van der Waals surface area contributed by atoms with Crippen LogP contribution in [-0.2, 0) is 6.54 Å². The molecule has 6 heteroatoms. The van der Waals surface area contributed by atoms with Crippen molar-refractivity contribution in [1.82, 2.24) is 0 Å². The number of hydrogen-bond donors (Lipinski definition) is 2. The monoisotopic (exact) mass is 357 g/mol. The van der Waals surface area contributed by atoms with Gasteiger partial charge in [0.05, 0.1) is 16.3 Å². The van der Waals surface area contributed by atoms with Gasteiger partial charge < -0.3 is 10.4 Å². The van der Waals surface area contributed by atoms with E-state index in [1.165, 1.54) is 18.2 Å². The van der Waals surface area contributed by atoms with Gasteiger partial charge in [0, 0.05) is 11.0 Å². The first-order valence-corrected chi connectivity index (χ1v) is 6.85. The van der Waals surface area contributed by atoms with Gasteiger partial charge in [-0.15, -0.1) is 0 Å². The molecule has 0 radical (unpaired) electrons. The summed E-state index contributed by atoms with van der Waals surface area (Å²) in [5, 5.41) is 12.2. The van der Waals surface area contributed by atoms with E-state index in [-0.39, 0.29) is 10.6 Å². The van der Waals surface area contributed by atoms with Gasteiger partial charge in [0.2, 0.25) is 0 Å². The Bertz CT molecular complexity index is 640. The molecule has 0 aliphatic rings. The van der Waals surface area contributed by atoms with Crippen LogP contribution in [0.5, 0.6) is 0 Å². The first kappa shape index (κ1) is 14.8. The Balaban J connectivity index is 2.17. The SMILES string of the molecule is O=C(O)c1cccc(CNc2c(Cl)cc(F)cc2Br)c1. The molecule has 0 aliphatic heterocycles. The maximum absolute atomic E-state index is 13.1. The highest BCUT2D eigenvalue weighted by atomic mass is 79.9. The Labute approximate surface area is 128 Å². The van der Waals surface area contributed by atoms with Crippen molar-refractivity contribution in [1.29, 1.82) is 0 Å². The van der Waals surface area contributed by atoms with Crippen LogP contribution < -0.4 is 5.32 Å². The molecule has 0 aromatic heterocycles. The third-order valence-electron chi connectivity index (χ3n) is 2.65. The Hall–Kier alpha value is -1.59. The molecule has 0 aliphatic carbocycles. The Kier molecular flexibility index (Phi) is 4.62. The molecule has 0 fully saturated rings. The van der Waals surface area contributed by atoms with Crippen molar-refractivity contribution >= 4 is 39.2 Å². The smallest absolute Gasteiger partial charge is 0.335 e. The predicted molar refractivity (Wildman–Crippen MR) is 79.8 cm³/mol. The van der Waals surface area contributed by atoms with Crippen LogP contribution in [0.25, 0.3) is 0 Å². The number of aromatic carboxylic acids is 1. The van der Waals surface area contributed by atoms with Crippen molar-refractivity contribution < 1.29 is 14.3 Å². The first-order valence-electron chi connectivity index (χ1n) is 5.68. The van der Waals surface area contributed by atoms with Crippen LogP contribution in [0, 0.1) is 5.82 Å². The van der Waals surface area contributed by atoms with Crippen LogP contribution in [-0.4, -0.2) is 11.1 Å². The van der Waals surface area contributed by atoms with E-state index in [1.807, 2.05) is 0 Å². The fourth-order valence-corrected chi connectivity index (χ4v) is 2.68. The number of carboxylic acid groups (broad SMARTS) is 1. The van der Waals surface area contributed by atoms with Gasteiger partial charge in [-0.2, -0.15) is 0 Å². The van der Waals surface area contributed by atoms with Crippen LogP contribution in [0.4, 0.5) is 10.1 Å². The number of carboxylic acids is 1. The lowest BCUT2D eigenvalue weighted by Gasteiger charge is -2.11. The van der Waals surface area contributed by atoms with E-state index < -0.39 is 11.8 Å². The fourth-order valence-electron chi connectivity index (χ4n) is 1.72. The average molecular weight is 359 g/mol. The van der Waals surface area contributed by atoms with Gasteiger partial charge in [-0.05, 0) is 45.8 Å². The third kappa shape index (κ3) is 3.49. The summed E-state index contributed by atoms with van der Waals surface area (Å²) in [5.41, 5.74) is 1.57. The van der Waals surface area contributed by atoms with Gasteiger partial charge in [-0.3, -0.25) is 0 Å². The number of rotatable bonds is 4. The van der Waals surface area contributed by atoms with Gasteiger partial charge in [-0.25, -0.2) is 9.18 Å². The van der Waals surface area contributed by atoms with Crippen LogP contribution in [0.3, 0.4) is 0 Å². The summed E-state index contributed by atoms with van der Waals surface area (Å²) in [6.45, 7) is 0.380. The van der Waals surface area contributed by atoms with E-state index in [0.717, 1.165) is 5.56 Å². The van der Waals surface area contributed by atoms with Crippen LogP contribution >= 0.6 is 27.5 Å². The molecule has 0 bridgehead atoms. The van der Waals surface area contributed by atoms with E-state index in [0.29, 0.717) is 16.7 Å². The molecule has 0 spiro atoms. The molecule has 2 aromatic carbocycles. The zero-order valence-corrected chi connectivity index (χ0v) is 12.5. The van der Waals surface area contributed by atoms with Gasteiger partial charge in [0.1, 0.15) is 5.82 Å². The van der Waals surface area contributed by atoms with Gasteiger partial charge in [0.25, 0.3) is 0 Å². The second kappa shape index (κ2) is 6.24. The molecular formula is C14H10BrClFNO2.